The van der Waals surface area contributed by atoms with Crippen LogP contribution in [0.1, 0.15) is 0 Å². The summed E-state index contributed by atoms with van der Waals surface area (Å²) in [5.41, 5.74) is 0. The molecule has 3 aliphatic carbocycles. The summed E-state index contributed by atoms with van der Waals surface area (Å²) >= 11 is 0. The van der Waals surface area contributed by atoms with Crippen molar-refractivity contribution in [2.45, 2.75) is 0 Å². The van der Waals surface area contributed by atoms with E-state index in [9.17, 15) is 29.4 Å². The van der Waals surface area contributed by atoms with Gasteiger partial charge in [-0.05, 0) is 28.2 Å². The fourth-order valence-corrected chi connectivity index (χ4v) is 4.23. The number of esters is 2. The molecule has 10 nitrogen and oxygen atoms in total. The molecule has 0 amide bonds. The zero-order valence-electron chi connectivity index (χ0n) is 17.7. The molecule has 0 aromatic carbocycles. The van der Waals surface area contributed by atoms with Gasteiger partial charge in [-0.2, -0.15) is 0 Å². The van der Waals surface area contributed by atoms with E-state index in [-0.39, 0.29) is 13.2 Å². The van der Waals surface area contributed by atoms with Gasteiger partial charge in [-0.3, -0.25) is 19.2 Å². The molecule has 0 radical (unpaired) electrons. The number of likely N-dealkylation sites (N-methyl/N-ethyl adjacent to an activating group) is 2. The topological polar surface area (TPSA) is 134 Å². The van der Waals surface area contributed by atoms with E-state index in [1.165, 1.54) is 12.2 Å². The third-order valence-corrected chi connectivity index (χ3v) is 5.67. The van der Waals surface area contributed by atoms with Crippen molar-refractivity contribution in [2.24, 2.45) is 35.5 Å². The lowest BCUT2D eigenvalue weighted by Gasteiger charge is -2.48. The van der Waals surface area contributed by atoms with Crippen LogP contribution in [0.5, 0.6) is 0 Å². The summed E-state index contributed by atoms with van der Waals surface area (Å²) in [5, 5.41) is 19.6. The first-order valence-electron chi connectivity index (χ1n) is 9.83. The zero-order valence-corrected chi connectivity index (χ0v) is 17.7. The highest BCUT2D eigenvalue weighted by Crippen LogP contribution is 2.52. The Balaban J connectivity index is 2.28. The Hall–Kier alpha value is -2.46. The molecular weight excluding hydrogens is 396 g/mol. The summed E-state index contributed by atoms with van der Waals surface area (Å²) < 4.78 is 10.5. The Labute approximate surface area is 175 Å². The maximum absolute atomic E-state index is 12.7. The first kappa shape index (κ1) is 23.8. The number of hydrogen-bond donors (Lipinski definition) is 2. The average molecular weight is 426 g/mol. The van der Waals surface area contributed by atoms with Crippen LogP contribution < -0.4 is 0 Å². The molecule has 0 aliphatic heterocycles. The minimum Gasteiger partial charge on any atom is -0.481 e. The Kier molecular flexibility index (Phi) is 7.96. The van der Waals surface area contributed by atoms with Crippen molar-refractivity contribution >= 4 is 23.9 Å². The number of rotatable bonds is 10. The summed E-state index contributed by atoms with van der Waals surface area (Å²) in [7, 11) is 7.19. The molecule has 0 aromatic heterocycles. The number of hydrogen-bond acceptors (Lipinski definition) is 8. The number of ether oxygens (including phenoxy) is 2. The molecule has 0 aromatic rings. The fraction of sp³-hybridized carbons (Fsp3) is 0.700. The number of carbonyl (C=O) groups is 4. The molecule has 0 saturated heterocycles. The molecule has 1 saturated carbocycles. The van der Waals surface area contributed by atoms with E-state index >= 15 is 0 Å². The molecule has 0 unspecified atom stereocenters. The van der Waals surface area contributed by atoms with Gasteiger partial charge < -0.3 is 29.5 Å². The maximum atomic E-state index is 12.7. The van der Waals surface area contributed by atoms with Crippen LogP contribution in [0.2, 0.25) is 0 Å². The third kappa shape index (κ3) is 5.17. The van der Waals surface area contributed by atoms with Crippen LogP contribution in [-0.2, 0) is 28.7 Å². The molecule has 3 rings (SSSR count). The summed E-state index contributed by atoms with van der Waals surface area (Å²) in [6, 6.07) is 0. The van der Waals surface area contributed by atoms with Crippen molar-refractivity contribution in [1.82, 2.24) is 9.80 Å². The standard InChI is InChI=1S/C20H30N2O8/c1-21(2)7-9-29-19(27)15-11-5-6-12(13(15)17(23)24)16(14(11)18(25)26)20(28)30-10-8-22(3)4/h5-6,11-16H,7-10H2,1-4H3,(H,23,24)(H,25,26)/t11-,12-,13-,14+,15-,16-/m0/s1. The largest absolute Gasteiger partial charge is 0.481 e. The second-order valence-electron chi connectivity index (χ2n) is 8.26. The lowest BCUT2D eigenvalue weighted by atomic mass is 9.53. The molecule has 2 bridgehead atoms. The molecule has 6 atom stereocenters. The van der Waals surface area contributed by atoms with Gasteiger partial charge in [0, 0.05) is 24.9 Å². The zero-order chi connectivity index (χ0) is 22.6. The highest BCUT2D eigenvalue weighted by atomic mass is 16.5. The van der Waals surface area contributed by atoms with E-state index in [0.717, 1.165) is 0 Å². The number of carboxylic acids is 2. The summed E-state index contributed by atoms with van der Waals surface area (Å²) in [6.07, 6.45) is 3.06. The van der Waals surface area contributed by atoms with Crippen molar-refractivity contribution in [3.63, 3.8) is 0 Å². The van der Waals surface area contributed by atoms with E-state index in [1.807, 2.05) is 0 Å². The fourth-order valence-electron chi connectivity index (χ4n) is 4.23. The molecule has 0 heterocycles. The normalized spacial score (nSPS) is 29.8. The molecule has 168 valence electrons. The second-order valence-corrected chi connectivity index (χ2v) is 8.26. The number of fused-ring (bicyclic) bond motifs is 2. The predicted octanol–water partition coefficient (Wildman–Crippen LogP) is -0.354. The average Bonchev–Trinajstić information content (AvgIpc) is 2.65. The second kappa shape index (κ2) is 10.0. The van der Waals surface area contributed by atoms with Crippen LogP contribution in [-0.4, -0.2) is 98.4 Å². The van der Waals surface area contributed by atoms with E-state index in [2.05, 4.69) is 0 Å². The van der Waals surface area contributed by atoms with E-state index in [1.54, 1.807) is 38.0 Å². The van der Waals surface area contributed by atoms with Crippen molar-refractivity contribution < 1.29 is 38.9 Å². The van der Waals surface area contributed by atoms with Gasteiger partial charge in [-0.25, -0.2) is 0 Å². The Morgan fingerprint density at radius 3 is 1.30 bits per heavy atom. The van der Waals surface area contributed by atoms with Crippen LogP contribution >= 0.6 is 0 Å². The lowest BCUT2D eigenvalue weighted by molar-refractivity contribution is -0.182. The summed E-state index contributed by atoms with van der Waals surface area (Å²) in [4.78, 5) is 53.1. The number of carbonyl (C=O) groups excluding carboxylic acids is 2. The molecular formula is C20H30N2O8. The van der Waals surface area contributed by atoms with Crippen LogP contribution in [0.15, 0.2) is 12.2 Å². The Bertz CT molecular complexity index is 647. The first-order valence-corrected chi connectivity index (χ1v) is 9.83. The van der Waals surface area contributed by atoms with Gasteiger partial charge in [0.25, 0.3) is 0 Å². The highest BCUT2D eigenvalue weighted by Gasteiger charge is 2.61. The number of aliphatic carboxylic acids is 2. The van der Waals surface area contributed by atoms with E-state index in [0.29, 0.717) is 13.1 Å². The van der Waals surface area contributed by atoms with Gasteiger partial charge in [-0.1, -0.05) is 12.2 Å². The van der Waals surface area contributed by atoms with Gasteiger partial charge in [0.2, 0.25) is 0 Å². The van der Waals surface area contributed by atoms with Crippen LogP contribution in [0.3, 0.4) is 0 Å². The molecule has 30 heavy (non-hydrogen) atoms. The Morgan fingerprint density at radius 2 is 1.03 bits per heavy atom. The number of carboxylic acid groups (broad SMARTS) is 2. The van der Waals surface area contributed by atoms with Crippen molar-refractivity contribution in [1.29, 1.82) is 0 Å². The minimum absolute atomic E-state index is 0.0590. The molecule has 10 heteroatoms. The van der Waals surface area contributed by atoms with Gasteiger partial charge in [-0.15, -0.1) is 0 Å². The quantitative estimate of drug-likeness (QED) is 0.352. The number of nitrogens with zero attached hydrogens (tertiary/aromatic N) is 2. The first-order chi connectivity index (χ1) is 14.1. The predicted molar refractivity (Wildman–Crippen MR) is 104 cm³/mol. The number of allylic oxidation sites excluding steroid dienone is 2. The maximum Gasteiger partial charge on any atom is 0.310 e. The molecule has 0 spiro atoms. The van der Waals surface area contributed by atoms with E-state index < -0.39 is 59.4 Å². The lowest BCUT2D eigenvalue weighted by Crippen LogP contribution is -2.58. The van der Waals surface area contributed by atoms with Crippen molar-refractivity contribution in [2.75, 3.05) is 54.5 Å². The minimum atomic E-state index is -1.26. The molecule has 1 fully saturated rings. The van der Waals surface area contributed by atoms with Crippen LogP contribution in [0.4, 0.5) is 0 Å². The van der Waals surface area contributed by atoms with Gasteiger partial charge >= 0.3 is 23.9 Å². The van der Waals surface area contributed by atoms with Gasteiger partial charge in [0.15, 0.2) is 0 Å². The van der Waals surface area contributed by atoms with E-state index in [4.69, 9.17) is 9.47 Å². The monoisotopic (exact) mass is 426 g/mol. The molecule has 2 N–H and O–H groups in total. The smallest absolute Gasteiger partial charge is 0.310 e. The summed E-state index contributed by atoms with van der Waals surface area (Å²) in [5.74, 6) is -10.8. The van der Waals surface area contributed by atoms with Gasteiger partial charge in [0.1, 0.15) is 13.2 Å². The molecule has 3 aliphatic rings. The summed E-state index contributed by atoms with van der Waals surface area (Å²) in [6.45, 7) is 1.01. The third-order valence-electron chi connectivity index (χ3n) is 5.67. The van der Waals surface area contributed by atoms with Crippen LogP contribution in [0.25, 0.3) is 0 Å². The Morgan fingerprint density at radius 1 is 0.700 bits per heavy atom. The van der Waals surface area contributed by atoms with Crippen molar-refractivity contribution in [3.8, 4) is 0 Å². The van der Waals surface area contributed by atoms with Gasteiger partial charge in [0.05, 0.1) is 23.7 Å². The SMILES string of the molecule is CN(C)CCOC(=O)[C@H]1[C@H]2C=C[C@@H]([C@H]1C(=O)O)[C@H](C(=O)OCCN(C)C)[C@H]2C(=O)O. The van der Waals surface area contributed by atoms with Crippen molar-refractivity contribution in [3.05, 3.63) is 12.2 Å². The highest BCUT2D eigenvalue weighted by molar-refractivity contribution is 5.89. The van der Waals surface area contributed by atoms with Crippen LogP contribution in [0, 0.1) is 35.5 Å².